The second-order valence-electron chi connectivity index (χ2n) is 9.73. The number of aromatic nitrogens is 2. The molecule has 2 aromatic rings. The summed E-state index contributed by atoms with van der Waals surface area (Å²) in [6.45, 7) is 0.507. The Labute approximate surface area is 213 Å². The topological polar surface area (TPSA) is 148 Å². The molecular formula is C23H27ClFN5O5S. The predicted octanol–water partition coefficient (Wildman–Crippen LogP) is 3.48. The normalized spacial score (nSPS) is 24.8. The number of anilines is 1. The summed E-state index contributed by atoms with van der Waals surface area (Å²) >= 11 is 5.99. The van der Waals surface area contributed by atoms with Gasteiger partial charge in [0.05, 0.1) is 21.8 Å². The van der Waals surface area contributed by atoms with Crippen molar-refractivity contribution in [2.75, 3.05) is 24.2 Å². The Kier molecular flexibility index (Phi) is 6.48. The van der Waals surface area contributed by atoms with Gasteiger partial charge in [0.15, 0.2) is 5.69 Å². The third kappa shape index (κ3) is 4.47. The fourth-order valence-corrected chi connectivity index (χ4v) is 7.18. The number of carbonyl (C=O) groups excluding carboxylic acids is 3. The van der Waals surface area contributed by atoms with Crippen LogP contribution >= 0.6 is 22.2 Å². The number of rotatable bonds is 5. The first-order chi connectivity index (χ1) is 17.1. The highest BCUT2D eigenvalue weighted by Gasteiger charge is 2.60. The van der Waals surface area contributed by atoms with Crippen LogP contribution < -0.4 is 10.6 Å². The molecule has 1 aromatic heterocycles. The van der Waals surface area contributed by atoms with Gasteiger partial charge in [-0.3, -0.25) is 23.5 Å². The minimum Gasteiger partial charge on any atom is -0.348 e. The Morgan fingerprint density at radius 2 is 1.92 bits per heavy atom. The van der Waals surface area contributed by atoms with Crippen molar-refractivity contribution in [3.63, 3.8) is 0 Å². The van der Waals surface area contributed by atoms with Crippen LogP contribution in [0.5, 0.6) is 0 Å². The zero-order valence-corrected chi connectivity index (χ0v) is 20.9. The summed E-state index contributed by atoms with van der Waals surface area (Å²) in [4.78, 5) is 46.7. The van der Waals surface area contributed by atoms with Crippen LogP contribution in [0, 0.1) is 11.7 Å². The van der Waals surface area contributed by atoms with Crippen molar-refractivity contribution in [2.24, 2.45) is 5.92 Å². The van der Waals surface area contributed by atoms with E-state index in [1.807, 2.05) is 0 Å². The van der Waals surface area contributed by atoms with Crippen LogP contribution in [0.2, 0.25) is 5.02 Å². The summed E-state index contributed by atoms with van der Waals surface area (Å²) in [5, 5.41) is 5.77. The number of H-pyrrole nitrogens is 1. The fourth-order valence-electron chi connectivity index (χ4n) is 5.10. The smallest absolute Gasteiger partial charge is 0.272 e. The first-order valence-electron chi connectivity index (χ1n) is 11.7. The summed E-state index contributed by atoms with van der Waals surface area (Å²) in [7, 11) is -2.65. The first-order valence-corrected chi connectivity index (χ1v) is 13.8. The van der Waals surface area contributed by atoms with Crippen LogP contribution in [-0.4, -0.2) is 71.3 Å². The van der Waals surface area contributed by atoms with Gasteiger partial charge in [-0.2, -0.15) is 10.6 Å². The van der Waals surface area contributed by atoms with Gasteiger partial charge in [-0.15, -0.1) is 0 Å². The number of nitrogens with zero attached hydrogens (tertiary/aromatic N) is 2. The van der Waals surface area contributed by atoms with Crippen LogP contribution in [0.1, 0.15) is 53.1 Å². The number of aromatic amines is 1. The van der Waals surface area contributed by atoms with Crippen molar-refractivity contribution in [1.29, 1.82) is 0 Å². The average molecular weight is 540 g/mol. The number of halogens is 2. The van der Waals surface area contributed by atoms with E-state index in [0.29, 0.717) is 43.5 Å². The van der Waals surface area contributed by atoms with Crippen LogP contribution in [0.4, 0.5) is 10.1 Å². The quantitative estimate of drug-likeness (QED) is 0.393. The van der Waals surface area contributed by atoms with Gasteiger partial charge >= 0.3 is 0 Å². The highest BCUT2D eigenvalue weighted by Crippen LogP contribution is 2.67. The Bertz CT molecular complexity index is 1210. The number of hydrogen-bond acceptors (Lipinski definition) is 6. The molecule has 2 aliphatic heterocycles. The predicted molar refractivity (Wildman–Crippen MR) is 133 cm³/mol. The Morgan fingerprint density at radius 1 is 1.19 bits per heavy atom. The minimum atomic E-state index is -2.65. The van der Waals surface area contributed by atoms with Crippen molar-refractivity contribution in [2.45, 2.75) is 42.9 Å². The standard InChI is InChI=1S/C23H27ClFN5O5S/c24-16-9-14(25)3-6-17(16)29-20(31)13-1-4-15(5-2-13)28-21(32)18-19(27-12-26-18)22(33)30-10-23(11-30)7-8-36(23,34)35/h3,6,9,12-13,15,34-35H,1-2,4-5,7-8,10-11H2,(H,26,27)(H,28,32)(H,29,31). The Morgan fingerprint density at radius 3 is 2.53 bits per heavy atom. The second kappa shape index (κ2) is 9.33. The van der Waals surface area contributed by atoms with E-state index in [9.17, 15) is 27.9 Å². The molecule has 36 heavy (non-hydrogen) atoms. The highest BCUT2D eigenvalue weighted by atomic mass is 35.5. The van der Waals surface area contributed by atoms with Gasteiger partial charge < -0.3 is 20.5 Å². The molecule has 194 valence electrons. The van der Waals surface area contributed by atoms with Gasteiger partial charge in [0.1, 0.15) is 11.5 Å². The molecule has 5 N–H and O–H groups in total. The van der Waals surface area contributed by atoms with Gasteiger partial charge in [0, 0.05) is 30.8 Å². The monoisotopic (exact) mass is 539 g/mol. The van der Waals surface area contributed by atoms with Gasteiger partial charge in [-0.1, -0.05) is 11.6 Å². The molecule has 1 spiro atoms. The Balaban J connectivity index is 1.13. The maximum atomic E-state index is 13.2. The lowest BCUT2D eigenvalue weighted by Gasteiger charge is -2.67. The summed E-state index contributed by atoms with van der Waals surface area (Å²) in [6, 6.07) is 3.61. The number of carbonyl (C=O) groups is 3. The van der Waals surface area contributed by atoms with Gasteiger partial charge in [-0.05, 0) is 50.3 Å². The SMILES string of the molecule is O=C(NC1CCC(C(=O)Nc2ccc(F)cc2Cl)CC1)c1nc[nH]c1C(=O)N1CC2(CCS2(O)O)C1. The molecule has 0 unspecified atom stereocenters. The summed E-state index contributed by atoms with van der Waals surface area (Å²) < 4.78 is 32.7. The number of amides is 3. The Hall–Kier alpha value is -2.67. The lowest BCUT2D eigenvalue weighted by atomic mass is 9.85. The molecule has 0 bridgehead atoms. The van der Waals surface area contributed by atoms with Crippen molar-refractivity contribution in [3.8, 4) is 0 Å². The lowest BCUT2D eigenvalue weighted by Crippen LogP contribution is -2.70. The first kappa shape index (κ1) is 25.0. The maximum Gasteiger partial charge on any atom is 0.272 e. The average Bonchev–Trinajstić information content (AvgIpc) is 3.30. The molecule has 3 fully saturated rings. The van der Waals surface area contributed by atoms with E-state index in [1.165, 1.54) is 23.4 Å². The molecule has 10 nitrogen and oxygen atoms in total. The molecule has 1 aliphatic carbocycles. The van der Waals surface area contributed by atoms with Gasteiger partial charge in [0.2, 0.25) is 5.91 Å². The highest BCUT2D eigenvalue weighted by molar-refractivity contribution is 8.26. The van der Waals surface area contributed by atoms with Crippen LogP contribution in [0.3, 0.4) is 0 Å². The van der Waals surface area contributed by atoms with Gasteiger partial charge in [0.25, 0.3) is 11.8 Å². The van der Waals surface area contributed by atoms with Crippen LogP contribution in [0.25, 0.3) is 0 Å². The molecule has 3 aliphatic rings. The number of hydrogen-bond donors (Lipinski definition) is 5. The van der Waals surface area contributed by atoms with E-state index in [1.54, 1.807) is 0 Å². The molecule has 5 rings (SSSR count). The number of imidazole rings is 1. The summed E-state index contributed by atoms with van der Waals surface area (Å²) in [6.07, 6.45) is 4.19. The molecule has 2 saturated heterocycles. The summed E-state index contributed by atoms with van der Waals surface area (Å²) in [5.41, 5.74) is 0.416. The van der Waals surface area contributed by atoms with E-state index >= 15 is 0 Å². The van der Waals surface area contributed by atoms with E-state index < -0.39 is 33.0 Å². The number of likely N-dealkylation sites (tertiary alicyclic amines) is 1. The third-order valence-electron chi connectivity index (χ3n) is 7.47. The molecule has 0 radical (unpaired) electrons. The molecule has 0 atom stereocenters. The zero-order valence-electron chi connectivity index (χ0n) is 19.3. The van der Waals surface area contributed by atoms with E-state index in [4.69, 9.17) is 11.6 Å². The maximum absolute atomic E-state index is 13.2. The van der Waals surface area contributed by atoms with E-state index in [0.717, 1.165) is 6.07 Å². The largest absolute Gasteiger partial charge is 0.348 e. The van der Waals surface area contributed by atoms with Crippen LogP contribution in [0.15, 0.2) is 24.5 Å². The van der Waals surface area contributed by atoms with Crippen molar-refractivity contribution in [3.05, 3.63) is 46.8 Å². The molecular weight excluding hydrogens is 513 g/mol. The molecule has 1 saturated carbocycles. The number of nitrogens with one attached hydrogen (secondary N) is 3. The zero-order chi connectivity index (χ0) is 25.7. The lowest BCUT2D eigenvalue weighted by molar-refractivity contribution is -0.120. The van der Waals surface area contributed by atoms with Crippen molar-refractivity contribution < 1.29 is 27.9 Å². The van der Waals surface area contributed by atoms with Crippen LogP contribution in [-0.2, 0) is 4.79 Å². The molecule has 3 amide bonds. The van der Waals surface area contributed by atoms with Crippen molar-refractivity contribution in [1.82, 2.24) is 20.2 Å². The van der Waals surface area contributed by atoms with E-state index in [2.05, 4.69) is 20.6 Å². The molecule has 1 aromatic carbocycles. The summed E-state index contributed by atoms with van der Waals surface area (Å²) in [5.74, 6) is -1.46. The van der Waals surface area contributed by atoms with Gasteiger partial charge in [-0.25, -0.2) is 9.37 Å². The number of benzene rings is 1. The molecule has 13 heteroatoms. The third-order valence-corrected chi connectivity index (χ3v) is 10.4. The van der Waals surface area contributed by atoms with Crippen molar-refractivity contribution >= 4 is 45.6 Å². The molecule has 3 heterocycles. The second-order valence-corrected chi connectivity index (χ2v) is 12.7. The fraction of sp³-hybridized carbons (Fsp3) is 0.478. The van der Waals surface area contributed by atoms with E-state index in [-0.39, 0.29) is 47.4 Å². The minimum absolute atomic E-state index is 0.00742.